The van der Waals surface area contributed by atoms with Crippen LogP contribution in [0.5, 0.6) is 0 Å². The maximum atomic E-state index is 2.47. The number of para-hydroxylation sites is 3. The van der Waals surface area contributed by atoms with E-state index in [4.69, 9.17) is 0 Å². The fraction of sp³-hybridized carbons (Fsp3) is 0. The van der Waals surface area contributed by atoms with Crippen LogP contribution in [0.1, 0.15) is 0 Å². The quantitative estimate of drug-likeness (QED) is 0.177. The highest BCUT2D eigenvalue weighted by Crippen LogP contribution is 2.44. The Bertz CT molecular complexity index is 3080. The van der Waals surface area contributed by atoms with Gasteiger partial charge in [0.15, 0.2) is 0 Å². The van der Waals surface area contributed by atoms with Crippen LogP contribution in [-0.4, -0.2) is 9.13 Å². The molecule has 0 aliphatic heterocycles. The monoisotopic (exact) mass is 675 g/mol. The van der Waals surface area contributed by atoms with Crippen LogP contribution in [0, 0.1) is 0 Å². The van der Waals surface area contributed by atoms with Gasteiger partial charge in [-0.3, -0.25) is 0 Å². The molecule has 248 valence electrons. The summed E-state index contributed by atoms with van der Waals surface area (Å²) >= 11 is 0. The van der Waals surface area contributed by atoms with Gasteiger partial charge in [0.2, 0.25) is 0 Å². The first-order valence-electron chi connectivity index (χ1n) is 18.2. The highest BCUT2D eigenvalue weighted by molar-refractivity contribution is 6.26. The molecule has 9 aromatic carbocycles. The molecule has 0 N–H and O–H groups in total. The van der Waals surface area contributed by atoms with Gasteiger partial charge in [-0.25, -0.2) is 0 Å². The first-order chi connectivity index (χ1) is 26.3. The number of hydrogen-bond donors (Lipinski definition) is 0. The molecule has 3 heteroatoms. The zero-order valence-electron chi connectivity index (χ0n) is 28.9. The van der Waals surface area contributed by atoms with Crippen molar-refractivity contribution >= 4 is 82.2 Å². The normalized spacial score (nSPS) is 11.8. The predicted octanol–water partition coefficient (Wildman–Crippen LogP) is 13.7. The number of rotatable bonds is 5. The Morgan fingerprint density at radius 2 is 0.811 bits per heavy atom. The van der Waals surface area contributed by atoms with Crippen molar-refractivity contribution in [1.29, 1.82) is 0 Å². The molecule has 0 bridgehead atoms. The minimum Gasteiger partial charge on any atom is -0.309 e. The van der Waals surface area contributed by atoms with Gasteiger partial charge in [-0.05, 0) is 77.5 Å². The number of hydrogen-bond acceptors (Lipinski definition) is 1. The molecule has 2 aromatic heterocycles. The Hall–Kier alpha value is -7.10. The molecule has 0 fully saturated rings. The van der Waals surface area contributed by atoms with Gasteiger partial charge in [-0.2, -0.15) is 0 Å². The average molecular weight is 676 g/mol. The lowest BCUT2D eigenvalue weighted by Crippen LogP contribution is -2.11. The van der Waals surface area contributed by atoms with E-state index in [0.29, 0.717) is 0 Å². The number of benzene rings is 9. The number of aromatic nitrogens is 2. The van der Waals surface area contributed by atoms with Crippen molar-refractivity contribution < 1.29 is 0 Å². The van der Waals surface area contributed by atoms with E-state index in [1.165, 1.54) is 65.2 Å². The molecule has 0 saturated carbocycles. The van der Waals surface area contributed by atoms with Crippen molar-refractivity contribution in [2.45, 2.75) is 0 Å². The van der Waals surface area contributed by atoms with Crippen molar-refractivity contribution in [3.63, 3.8) is 0 Å². The molecule has 11 aromatic rings. The van der Waals surface area contributed by atoms with E-state index in [1.807, 2.05) is 0 Å². The van der Waals surface area contributed by atoms with E-state index in [0.717, 1.165) is 28.4 Å². The zero-order valence-corrected chi connectivity index (χ0v) is 28.9. The zero-order chi connectivity index (χ0) is 34.9. The van der Waals surface area contributed by atoms with E-state index in [-0.39, 0.29) is 0 Å². The number of anilines is 3. The minimum atomic E-state index is 1.10. The summed E-state index contributed by atoms with van der Waals surface area (Å²) in [5.74, 6) is 0. The molecule has 0 saturated heterocycles. The van der Waals surface area contributed by atoms with Crippen LogP contribution in [0.15, 0.2) is 200 Å². The summed E-state index contributed by atoms with van der Waals surface area (Å²) in [6, 6.07) is 72.7. The Balaban J connectivity index is 1.18. The van der Waals surface area contributed by atoms with Crippen molar-refractivity contribution in [2.24, 2.45) is 0 Å². The van der Waals surface area contributed by atoms with Gasteiger partial charge in [0.25, 0.3) is 0 Å². The first kappa shape index (κ1) is 29.6. The van der Waals surface area contributed by atoms with Crippen LogP contribution in [0.3, 0.4) is 0 Å². The second-order valence-electron chi connectivity index (χ2n) is 13.7. The van der Waals surface area contributed by atoms with Gasteiger partial charge in [0.05, 0.1) is 33.4 Å². The largest absolute Gasteiger partial charge is 0.309 e. The second-order valence-corrected chi connectivity index (χ2v) is 13.7. The van der Waals surface area contributed by atoms with E-state index >= 15 is 0 Å². The minimum absolute atomic E-state index is 1.10. The van der Waals surface area contributed by atoms with Crippen LogP contribution in [0.4, 0.5) is 17.1 Å². The van der Waals surface area contributed by atoms with Crippen LogP contribution in [0.25, 0.3) is 76.5 Å². The Kier molecular flexibility index (Phi) is 6.55. The van der Waals surface area contributed by atoms with E-state index < -0.39 is 0 Å². The van der Waals surface area contributed by atoms with Crippen LogP contribution in [-0.2, 0) is 0 Å². The van der Waals surface area contributed by atoms with Crippen molar-refractivity contribution in [3.05, 3.63) is 200 Å². The van der Waals surface area contributed by atoms with Gasteiger partial charge >= 0.3 is 0 Å². The molecule has 53 heavy (non-hydrogen) atoms. The van der Waals surface area contributed by atoms with Gasteiger partial charge in [-0.15, -0.1) is 0 Å². The summed E-state index contributed by atoms with van der Waals surface area (Å²) in [7, 11) is 0. The standard InChI is InChI=1S/C50H33N3/c1-2-18-36(19-3-1)52-47-25-11-9-23-43(47)49-48(52)33-32-42-41-22-8-10-24-46(41)53(50(42)49)38-30-28-37(29-31-38)51(44-26-12-16-34-14-4-6-20-39(34)44)45-27-13-17-35-15-5-7-21-40(35)45/h1-33H. The molecule has 0 spiro atoms. The molecule has 2 heterocycles. The van der Waals surface area contributed by atoms with Gasteiger partial charge in [-0.1, -0.05) is 133 Å². The lowest BCUT2D eigenvalue weighted by molar-refractivity contribution is 1.17. The maximum absolute atomic E-state index is 2.47. The third-order valence-corrected chi connectivity index (χ3v) is 10.9. The van der Waals surface area contributed by atoms with Crippen molar-refractivity contribution in [3.8, 4) is 11.4 Å². The second kappa shape index (κ2) is 11.7. The Morgan fingerprint density at radius 3 is 1.47 bits per heavy atom. The fourth-order valence-electron chi connectivity index (χ4n) is 8.60. The summed E-state index contributed by atoms with van der Waals surface area (Å²) in [5.41, 5.74) is 10.5. The van der Waals surface area contributed by atoms with Gasteiger partial charge < -0.3 is 14.0 Å². The van der Waals surface area contributed by atoms with Crippen molar-refractivity contribution in [2.75, 3.05) is 4.90 Å². The predicted molar refractivity (Wildman–Crippen MR) is 225 cm³/mol. The number of nitrogens with zero attached hydrogens (tertiary/aromatic N) is 3. The molecule has 0 aliphatic carbocycles. The molecule has 0 atom stereocenters. The highest BCUT2D eigenvalue weighted by atomic mass is 15.1. The molecule has 0 aliphatic rings. The average Bonchev–Trinajstić information content (AvgIpc) is 3.75. The highest BCUT2D eigenvalue weighted by Gasteiger charge is 2.22. The summed E-state index contributed by atoms with van der Waals surface area (Å²) in [6.45, 7) is 0. The fourth-order valence-corrected chi connectivity index (χ4v) is 8.60. The molecular formula is C50H33N3. The molecule has 3 nitrogen and oxygen atoms in total. The molecule has 0 unspecified atom stereocenters. The summed E-state index contributed by atoms with van der Waals surface area (Å²) in [6.07, 6.45) is 0. The summed E-state index contributed by atoms with van der Waals surface area (Å²) in [5, 5.41) is 9.87. The topological polar surface area (TPSA) is 13.1 Å². The van der Waals surface area contributed by atoms with E-state index in [9.17, 15) is 0 Å². The Labute approximate surface area is 306 Å². The molecular weight excluding hydrogens is 643 g/mol. The smallest absolute Gasteiger partial charge is 0.0641 e. The van der Waals surface area contributed by atoms with Crippen LogP contribution >= 0.6 is 0 Å². The van der Waals surface area contributed by atoms with Gasteiger partial charge in [0.1, 0.15) is 0 Å². The third kappa shape index (κ3) is 4.47. The Morgan fingerprint density at radius 1 is 0.302 bits per heavy atom. The third-order valence-electron chi connectivity index (χ3n) is 10.9. The first-order valence-corrected chi connectivity index (χ1v) is 18.2. The maximum Gasteiger partial charge on any atom is 0.0641 e. The van der Waals surface area contributed by atoms with Crippen molar-refractivity contribution in [1.82, 2.24) is 9.13 Å². The molecule has 0 amide bonds. The SMILES string of the molecule is c1ccc(-n2c3ccccc3c3c2ccc2c4ccccc4n(-c4ccc(N(c5cccc6ccccc56)c5cccc6ccccc56)cc4)c23)cc1. The lowest BCUT2D eigenvalue weighted by Gasteiger charge is -2.28. The lowest BCUT2D eigenvalue weighted by atomic mass is 10.0. The number of fused-ring (bicyclic) bond motifs is 9. The summed E-state index contributed by atoms with van der Waals surface area (Å²) in [4.78, 5) is 2.42. The summed E-state index contributed by atoms with van der Waals surface area (Å²) < 4.78 is 4.88. The molecule has 0 radical (unpaired) electrons. The van der Waals surface area contributed by atoms with Gasteiger partial charge in [0, 0.05) is 49.4 Å². The van der Waals surface area contributed by atoms with Crippen LogP contribution in [0.2, 0.25) is 0 Å². The molecule has 11 rings (SSSR count). The van der Waals surface area contributed by atoms with E-state index in [1.54, 1.807) is 0 Å². The van der Waals surface area contributed by atoms with Crippen LogP contribution < -0.4 is 4.90 Å². The van der Waals surface area contributed by atoms with E-state index in [2.05, 4.69) is 214 Å².